The van der Waals surface area contributed by atoms with Crippen molar-refractivity contribution in [2.24, 2.45) is 5.73 Å². The molecule has 0 bridgehead atoms. The summed E-state index contributed by atoms with van der Waals surface area (Å²) in [6.45, 7) is 3.84. The third-order valence-corrected chi connectivity index (χ3v) is 4.45. The van der Waals surface area contributed by atoms with Gasteiger partial charge in [-0.1, -0.05) is 24.4 Å². The number of hydrogen-bond acceptors (Lipinski definition) is 4. The van der Waals surface area contributed by atoms with Crippen LogP contribution in [0.15, 0.2) is 41.4 Å². The van der Waals surface area contributed by atoms with Gasteiger partial charge >= 0.3 is 0 Å². The van der Waals surface area contributed by atoms with E-state index in [0.29, 0.717) is 11.4 Å². The van der Waals surface area contributed by atoms with Gasteiger partial charge in [-0.2, -0.15) is 5.10 Å². The van der Waals surface area contributed by atoms with Gasteiger partial charge in [0, 0.05) is 17.7 Å². The number of nitrogens with zero attached hydrogens (tertiary/aromatic N) is 2. The van der Waals surface area contributed by atoms with Gasteiger partial charge in [-0.05, 0) is 26.0 Å². The van der Waals surface area contributed by atoms with Crippen molar-refractivity contribution >= 4 is 33.0 Å². The van der Waals surface area contributed by atoms with Crippen LogP contribution in [0.2, 0.25) is 0 Å². The molecule has 2 rings (SSSR count). The van der Waals surface area contributed by atoms with E-state index in [9.17, 15) is 8.42 Å². The van der Waals surface area contributed by atoms with Crippen molar-refractivity contribution in [1.82, 2.24) is 9.78 Å². The summed E-state index contributed by atoms with van der Waals surface area (Å²) in [6, 6.07) is 7.75. The summed E-state index contributed by atoms with van der Waals surface area (Å²) in [6.07, 6.45) is 1.55. The smallest absolute Gasteiger partial charge is 0.263 e. The van der Waals surface area contributed by atoms with Gasteiger partial charge in [0.15, 0.2) is 0 Å². The number of anilines is 1. The van der Waals surface area contributed by atoms with Gasteiger partial charge < -0.3 is 5.73 Å². The Labute approximate surface area is 129 Å². The van der Waals surface area contributed by atoms with Gasteiger partial charge in [0.1, 0.15) is 10.8 Å². The van der Waals surface area contributed by atoms with Crippen molar-refractivity contribution in [3.05, 3.63) is 42.1 Å². The molecule has 21 heavy (non-hydrogen) atoms. The largest absolute Gasteiger partial charge is 0.389 e. The normalized spacial score (nSPS) is 11.6. The fourth-order valence-corrected chi connectivity index (χ4v) is 2.99. The molecular weight excluding hydrogens is 308 g/mol. The Hall–Kier alpha value is -1.93. The number of nitrogens with two attached hydrogens (primary N) is 1. The van der Waals surface area contributed by atoms with Gasteiger partial charge in [-0.15, -0.1) is 0 Å². The van der Waals surface area contributed by atoms with Gasteiger partial charge in [0.25, 0.3) is 10.0 Å². The van der Waals surface area contributed by atoms with Crippen molar-refractivity contribution in [3.8, 4) is 0 Å². The zero-order valence-corrected chi connectivity index (χ0v) is 13.3. The third-order valence-electron chi connectivity index (χ3n) is 2.85. The van der Waals surface area contributed by atoms with E-state index in [4.69, 9.17) is 18.0 Å². The number of thiocarbonyl (C=S) groups is 1. The summed E-state index contributed by atoms with van der Waals surface area (Å²) < 4.78 is 28.8. The second-order valence-electron chi connectivity index (χ2n) is 4.75. The van der Waals surface area contributed by atoms with Crippen LogP contribution < -0.4 is 10.5 Å². The molecule has 0 aliphatic carbocycles. The molecule has 0 atom stereocenters. The zero-order valence-electron chi connectivity index (χ0n) is 11.6. The Morgan fingerprint density at radius 2 is 1.90 bits per heavy atom. The maximum absolute atomic E-state index is 12.3. The standard InChI is InChI=1S/C13H16N4O2S2/c1-9(2)17-12(7-8-15-17)16-21(18,19)11-5-3-10(4-6-11)13(14)20/h3-9,16H,1-2H3,(H2,14,20). The maximum atomic E-state index is 12.3. The van der Waals surface area contributed by atoms with Crippen LogP contribution in [0.4, 0.5) is 5.82 Å². The lowest BCUT2D eigenvalue weighted by Gasteiger charge is -2.13. The highest BCUT2D eigenvalue weighted by Crippen LogP contribution is 2.19. The zero-order chi connectivity index (χ0) is 15.6. The van der Waals surface area contributed by atoms with Crippen LogP contribution in [-0.2, 0) is 10.0 Å². The predicted octanol–water partition coefficient (Wildman–Crippen LogP) is 1.90. The monoisotopic (exact) mass is 324 g/mol. The first-order chi connectivity index (χ1) is 9.81. The molecule has 8 heteroatoms. The Kier molecular flexibility index (Phi) is 4.29. The van der Waals surface area contributed by atoms with Gasteiger partial charge in [-0.3, -0.25) is 4.72 Å². The van der Waals surface area contributed by atoms with Crippen molar-refractivity contribution in [1.29, 1.82) is 0 Å². The second kappa shape index (κ2) is 5.82. The van der Waals surface area contributed by atoms with Crippen molar-refractivity contribution in [2.75, 3.05) is 4.72 Å². The SMILES string of the molecule is CC(C)n1nccc1NS(=O)(=O)c1ccc(C(N)=S)cc1. The molecule has 0 amide bonds. The van der Waals surface area contributed by atoms with E-state index in [1.165, 1.54) is 12.1 Å². The van der Waals surface area contributed by atoms with Crippen LogP contribution in [0, 0.1) is 0 Å². The molecule has 2 aromatic rings. The predicted molar refractivity (Wildman–Crippen MR) is 85.7 cm³/mol. The quantitative estimate of drug-likeness (QED) is 0.820. The van der Waals surface area contributed by atoms with Crippen LogP contribution in [0.25, 0.3) is 0 Å². The summed E-state index contributed by atoms with van der Waals surface area (Å²) in [5.74, 6) is 0.420. The average Bonchev–Trinajstić information content (AvgIpc) is 2.86. The summed E-state index contributed by atoms with van der Waals surface area (Å²) in [4.78, 5) is 0.365. The van der Waals surface area contributed by atoms with Crippen LogP contribution in [0.3, 0.4) is 0 Å². The molecule has 1 aromatic heterocycles. The van der Waals surface area contributed by atoms with Crippen LogP contribution in [0.5, 0.6) is 0 Å². The highest BCUT2D eigenvalue weighted by Gasteiger charge is 2.17. The summed E-state index contributed by atoms with van der Waals surface area (Å²) in [5, 5.41) is 4.09. The Morgan fingerprint density at radius 1 is 1.29 bits per heavy atom. The van der Waals surface area contributed by atoms with E-state index < -0.39 is 10.0 Å². The van der Waals surface area contributed by atoms with Crippen molar-refractivity contribution < 1.29 is 8.42 Å². The van der Waals surface area contributed by atoms with E-state index in [1.807, 2.05) is 13.8 Å². The minimum absolute atomic E-state index is 0.0506. The molecule has 1 heterocycles. The molecule has 0 unspecified atom stereocenters. The van der Waals surface area contributed by atoms with Gasteiger partial charge in [-0.25, -0.2) is 13.1 Å². The molecular formula is C13H16N4O2S2. The summed E-state index contributed by atoms with van der Waals surface area (Å²) in [5.41, 5.74) is 6.11. The maximum Gasteiger partial charge on any atom is 0.263 e. The number of sulfonamides is 1. The number of rotatable bonds is 5. The highest BCUT2D eigenvalue weighted by molar-refractivity contribution is 7.92. The first kappa shape index (κ1) is 15.5. The van der Waals surface area contributed by atoms with Crippen LogP contribution in [-0.4, -0.2) is 23.2 Å². The number of nitrogens with one attached hydrogen (secondary N) is 1. The van der Waals surface area contributed by atoms with E-state index >= 15 is 0 Å². The van der Waals surface area contributed by atoms with Crippen LogP contribution >= 0.6 is 12.2 Å². The number of aromatic nitrogens is 2. The fraction of sp³-hybridized carbons (Fsp3) is 0.231. The topological polar surface area (TPSA) is 90.0 Å². The Balaban J connectivity index is 2.30. The molecule has 0 spiro atoms. The highest BCUT2D eigenvalue weighted by atomic mass is 32.2. The molecule has 0 saturated carbocycles. The first-order valence-corrected chi connectivity index (χ1v) is 8.16. The third kappa shape index (κ3) is 3.40. The Morgan fingerprint density at radius 3 is 2.43 bits per heavy atom. The molecule has 0 fully saturated rings. The molecule has 6 nitrogen and oxygen atoms in total. The van der Waals surface area contributed by atoms with E-state index in [1.54, 1.807) is 29.1 Å². The molecule has 112 valence electrons. The lowest BCUT2D eigenvalue weighted by Crippen LogP contribution is -2.17. The second-order valence-corrected chi connectivity index (χ2v) is 6.87. The molecule has 0 aliphatic rings. The molecule has 1 aromatic carbocycles. The summed E-state index contributed by atoms with van der Waals surface area (Å²) in [7, 11) is -3.68. The number of hydrogen-bond donors (Lipinski definition) is 2. The van der Waals surface area contributed by atoms with Crippen LogP contribution in [0.1, 0.15) is 25.5 Å². The number of benzene rings is 1. The molecule has 0 radical (unpaired) electrons. The average molecular weight is 324 g/mol. The minimum atomic E-state index is -3.68. The lowest BCUT2D eigenvalue weighted by atomic mass is 10.2. The van der Waals surface area contributed by atoms with Gasteiger partial charge in [0.2, 0.25) is 0 Å². The molecule has 0 aliphatic heterocycles. The first-order valence-electron chi connectivity index (χ1n) is 6.27. The molecule has 0 saturated heterocycles. The fourth-order valence-electron chi connectivity index (χ4n) is 1.80. The van der Waals surface area contributed by atoms with Crippen molar-refractivity contribution in [2.45, 2.75) is 24.8 Å². The van der Waals surface area contributed by atoms with Gasteiger partial charge in [0.05, 0.1) is 11.1 Å². The van der Waals surface area contributed by atoms with E-state index in [0.717, 1.165) is 0 Å². The Bertz CT molecular complexity index is 749. The minimum Gasteiger partial charge on any atom is -0.389 e. The summed E-state index contributed by atoms with van der Waals surface area (Å²) >= 11 is 4.84. The van der Waals surface area contributed by atoms with E-state index in [-0.39, 0.29) is 15.9 Å². The lowest BCUT2D eigenvalue weighted by molar-refractivity contribution is 0.539. The van der Waals surface area contributed by atoms with Crippen molar-refractivity contribution in [3.63, 3.8) is 0 Å². The molecule has 3 N–H and O–H groups in total. The van der Waals surface area contributed by atoms with E-state index in [2.05, 4.69) is 9.82 Å².